The number of allylic oxidation sites excluding steroid dienone is 4. The van der Waals surface area contributed by atoms with Crippen LogP contribution in [0, 0.1) is 0 Å². The van der Waals surface area contributed by atoms with Crippen molar-refractivity contribution in [1.29, 1.82) is 0 Å². The van der Waals surface area contributed by atoms with Gasteiger partial charge in [-0.1, -0.05) is 140 Å². The molecule has 0 amide bonds. The fourth-order valence-electron chi connectivity index (χ4n) is 9.63. The second-order valence-corrected chi connectivity index (χ2v) is 16.1. The lowest BCUT2D eigenvalue weighted by molar-refractivity contribution is 1.05. The Labute approximate surface area is 355 Å². The molecular weight excluding hydrogens is 739 g/mol. The third-order valence-electron chi connectivity index (χ3n) is 12.5. The molecule has 1 aliphatic rings. The van der Waals surface area contributed by atoms with Crippen LogP contribution in [0.15, 0.2) is 224 Å². The molecule has 288 valence electrons. The molecule has 0 unspecified atom stereocenters. The first-order valence-corrected chi connectivity index (χ1v) is 21.2. The van der Waals surface area contributed by atoms with Gasteiger partial charge in [-0.05, 0) is 131 Å². The van der Waals surface area contributed by atoms with Gasteiger partial charge < -0.3 is 14.0 Å². The van der Waals surface area contributed by atoms with Gasteiger partial charge in [0.05, 0.1) is 22.1 Å². The van der Waals surface area contributed by atoms with E-state index in [0.717, 1.165) is 41.3 Å². The maximum atomic E-state index is 2.41. The van der Waals surface area contributed by atoms with Crippen LogP contribution in [0.5, 0.6) is 0 Å². The van der Waals surface area contributed by atoms with E-state index in [9.17, 15) is 0 Å². The average Bonchev–Trinajstić information content (AvgIpc) is 3.84. The third-order valence-corrected chi connectivity index (χ3v) is 12.5. The highest BCUT2D eigenvalue weighted by molar-refractivity contribution is 6.14. The maximum absolute atomic E-state index is 2.41. The Morgan fingerprint density at radius 3 is 1.66 bits per heavy atom. The summed E-state index contributed by atoms with van der Waals surface area (Å²) in [7, 11) is 0. The Morgan fingerprint density at radius 2 is 0.934 bits per heavy atom. The van der Waals surface area contributed by atoms with E-state index < -0.39 is 0 Å². The van der Waals surface area contributed by atoms with Crippen LogP contribution in [0.3, 0.4) is 0 Å². The van der Waals surface area contributed by atoms with Crippen LogP contribution in [0.2, 0.25) is 0 Å². The molecule has 0 saturated carbocycles. The molecule has 0 N–H and O–H groups in total. The van der Waals surface area contributed by atoms with Crippen LogP contribution in [-0.4, -0.2) is 9.13 Å². The fraction of sp³-hybridized carbons (Fsp3) is 0.0345. The van der Waals surface area contributed by atoms with Crippen molar-refractivity contribution in [3.05, 3.63) is 230 Å². The van der Waals surface area contributed by atoms with E-state index in [1.807, 2.05) is 0 Å². The van der Waals surface area contributed by atoms with Gasteiger partial charge >= 0.3 is 0 Å². The number of anilines is 3. The molecule has 3 heteroatoms. The highest BCUT2D eigenvalue weighted by Crippen LogP contribution is 2.42. The van der Waals surface area contributed by atoms with Crippen LogP contribution in [0.25, 0.3) is 82.5 Å². The second kappa shape index (κ2) is 14.4. The molecule has 0 bridgehead atoms. The Morgan fingerprint density at radius 1 is 0.361 bits per heavy atom. The van der Waals surface area contributed by atoms with Crippen LogP contribution in [0.4, 0.5) is 17.1 Å². The van der Waals surface area contributed by atoms with Crippen molar-refractivity contribution in [1.82, 2.24) is 9.13 Å². The number of hydrogen-bond donors (Lipinski definition) is 0. The zero-order valence-corrected chi connectivity index (χ0v) is 33.6. The lowest BCUT2D eigenvalue weighted by atomic mass is 9.96. The third kappa shape index (κ3) is 5.97. The average molecular weight is 780 g/mol. The van der Waals surface area contributed by atoms with Gasteiger partial charge in [-0.3, -0.25) is 0 Å². The zero-order chi connectivity index (χ0) is 40.3. The minimum absolute atomic E-state index is 1.05. The van der Waals surface area contributed by atoms with E-state index >= 15 is 0 Å². The van der Waals surface area contributed by atoms with Gasteiger partial charge in [0, 0.05) is 50.0 Å². The molecule has 11 aromatic rings. The largest absolute Gasteiger partial charge is 0.310 e. The number of fused-ring (bicyclic) bond motifs is 7. The number of rotatable bonds is 7. The quantitative estimate of drug-likeness (QED) is 0.157. The van der Waals surface area contributed by atoms with Crippen molar-refractivity contribution < 1.29 is 0 Å². The van der Waals surface area contributed by atoms with Crippen LogP contribution in [0.1, 0.15) is 18.4 Å². The molecule has 0 fully saturated rings. The predicted molar refractivity (Wildman–Crippen MR) is 259 cm³/mol. The van der Waals surface area contributed by atoms with Gasteiger partial charge in [0.15, 0.2) is 0 Å². The van der Waals surface area contributed by atoms with E-state index in [4.69, 9.17) is 0 Å². The molecule has 0 atom stereocenters. The van der Waals surface area contributed by atoms with Gasteiger partial charge in [0.2, 0.25) is 0 Å². The lowest BCUT2D eigenvalue weighted by Gasteiger charge is -2.27. The summed E-state index contributed by atoms with van der Waals surface area (Å²) < 4.78 is 4.81. The van der Waals surface area contributed by atoms with E-state index in [2.05, 4.69) is 239 Å². The van der Waals surface area contributed by atoms with Gasteiger partial charge in [0.25, 0.3) is 0 Å². The molecule has 3 nitrogen and oxygen atoms in total. The fourth-order valence-corrected chi connectivity index (χ4v) is 9.63. The number of hydrogen-bond acceptors (Lipinski definition) is 1. The number of aromatic nitrogens is 2. The molecular formula is C58H41N3. The van der Waals surface area contributed by atoms with Crippen molar-refractivity contribution in [2.24, 2.45) is 0 Å². The summed E-state index contributed by atoms with van der Waals surface area (Å²) in [4.78, 5) is 2.41. The maximum Gasteiger partial charge on any atom is 0.0561 e. The molecule has 2 aromatic heterocycles. The summed E-state index contributed by atoms with van der Waals surface area (Å²) >= 11 is 0. The van der Waals surface area contributed by atoms with E-state index in [1.54, 1.807) is 0 Å². The molecule has 0 saturated heterocycles. The molecule has 2 heterocycles. The predicted octanol–water partition coefficient (Wildman–Crippen LogP) is 15.9. The van der Waals surface area contributed by atoms with Gasteiger partial charge in [0.1, 0.15) is 0 Å². The van der Waals surface area contributed by atoms with E-state index in [1.165, 1.54) is 76.6 Å². The van der Waals surface area contributed by atoms with Gasteiger partial charge in [-0.2, -0.15) is 0 Å². The van der Waals surface area contributed by atoms with Crippen molar-refractivity contribution in [2.75, 3.05) is 4.90 Å². The van der Waals surface area contributed by atoms with Gasteiger partial charge in [-0.25, -0.2) is 0 Å². The second-order valence-electron chi connectivity index (χ2n) is 16.1. The van der Waals surface area contributed by atoms with Crippen molar-refractivity contribution in [2.45, 2.75) is 12.8 Å². The SMILES string of the molecule is C1=CCCC(c2cccc(N(c3ccc(-c4ccc(-n5c6ccccc6c6cc7ccccc7cc65)cc4)cc3)c3ccc4c5ccccc5n(-c5ccccc5)c4c3)c2)=C1. The Bertz CT molecular complexity index is 3510. The van der Waals surface area contributed by atoms with Crippen molar-refractivity contribution in [3.8, 4) is 22.5 Å². The van der Waals surface area contributed by atoms with Crippen molar-refractivity contribution in [3.63, 3.8) is 0 Å². The summed E-state index contributed by atoms with van der Waals surface area (Å²) in [6.07, 6.45) is 8.82. The first-order valence-electron chi connectivity index (χ1n) is 21.2. The summed E-state index contributed by atoms with van der Waals surface area (Å²) in [5.41, 5.74) is 15.5. The molecule has 61 heavy (non-hydrogen) atoms. The summed E-state index contributed by atoms with van der Waals surface area (Å²) in [5.74, 6) is 0. The highest BCUT2D eigenvalue weighted by Gasteiger charge is 2.19. The Balaban J connectivity index is 0.958. The Kier molecular flexibility index (Phi) is 8.31. The zero-order valence-electron chi connectivity index (χ0n) is 33.6. The van der Waals surface area contributed by atoms with Gasteiger partial charge in [-0.15, -0.1) is 0 Å². The lowest BCUT2D eigenvalue weighted by Crippen LogP contribution is -2.10. The van der Waals surface area contributed by atoms with Crippen LogP contribution >= 0.6 is 0 Å². The summed E-state index contributed by atoms with van der Waals surface area (Å²) in [6.45, 7) is 0. The van der Waals surface area contributed by atoms with E-state index in [-0.39, 0.29) is 0 Å². The van der Waals surface area contributed by atoms with E-state index in [0.29, 0.717) is 0 Å². The number of para-hydroxylation sites is 3. The Hall–Kier alpha value is -7.88. The molecule has 0 aliphatic heterocycles. The topological polar surface area (TPSA) is 13.1 Å². The molecule has 0 radical (unpaired) electrons. The normalized spacial score (nSPS) is 12.8. The summed E-state index contributed by atoms with van der Waals surface area (Å²) in [5, 5.41) is 7.55. The number of nitrogens with zero attached hydrogens (tertiary/aromatic N) is 3. The van der Waals surface area contributed by atoms with Crippen molar-refractivity contribution >= 4 is 77.0 Å². The first-order chi connectivity index (χ1) is 30.2. The minimum atomic E-state index is 1.05. The monoisotopic (exact) mass is 779 g/mol. The smallest absolute Gasteiger partial charge is 0.0561 e. The minimum Gasteiger partial charge on any atom is -0.310 e. The summed E-state index contributed by atoms with van der Waals surface area (Å²) in [6, 6.07) is 75.6. The molecule has 0 spiro atoms. The molecule has 1 aliphatic carbocycles. The number of benzene rings is 9. The molecule has 9 aromatic carbocycles. The standard InChI is InChI=1S/C58H41N3/c1-3-14-40(15-4-1)43-18-13-21-49(36-43)59(50-34-35-53-51-22-9-11-24-55(51)60(58(53)39-50)46-19-5-2-6-20-46)47-30-26-41(27-31-47)42-28-32-48(33-29-42)61-56-25-12-10-23-52(56)54-37-44-16-7-8-17-45(44)38-57(54)61/h1-3,5-14,16-39H,4,15H2. The first kappa shape index (κ1) is 35.1. The highest BCUT2D eigenvalue weighted by atomic mass is 15.1. The van der Waals surface area contributed by atoms with Crippen LogP contribution in [-0.2, 0) is 0 Å². The molecule has 12 rings (SSSR count). The van der Waals surface area contributed by atoms with Crippen LogP contribution < -0.4 is 4.90 Å².